The van der Waals surface area contributed by atoms with Gasteiger partial charge in [0.25, 0.3) is 10.0 Å². The van der Waals surface area contributed by atoms with Gasteiger partial charge in [-0.2, -0.15) is 4.98 Å². The number of nitrogens with one attached hydrogen (secondary N) is 1. The molecule has 154 valence electrons. The molecule has 9 nitrogen and oxygen atoms in total. The van der Waals surface area contributed by atoms with Gasteiger partial charge >= 0.3 is 0 Å². The summed E-state index contributed by atoms with van der Waals surface area (Å²) in [4.78, 5) is 11.1. The van der Waals surface area contributed by atoms with E-state index in [9.17, 15) is 8.42 Å². The molecule has 0 saturated carbocycles. The first-order valence-electron chi connectivity index (χ1n) is 9.57. The summed E-state index contributed by atoms with van der Waals surface area (Å²) in [6.45, 7) is 6.92. The molecule has 0 aromatic carbocycles. The Morgan fingerprint density at radius 1 is 1.21 bits per heavy atom. The van der Waals surface area contributed by atoms with E-state index in [-0.39, 0.29) is 10.8 Å². The van der Waals surface area contributed by atoms with E-state index in [1.54, 1.807) is 36.7 Å². The lowest BCUT2D eigenvalue weighted by Gasteiger charge is -2.31. The van der Waals surface area contributed by atoms with E-state index in [2.05, 4.69) is 24.7 Å². The normalized spacial score (nSPS) is 15.8. The summed E-state index contributed by atoms with van der Waals surface area (Å²) in [5.41, 5.74) is 6.65. The van der Waals surface area contributed by atoms with Gasteiger partial charge in [0.1, 0.15) is 4.90 Å². The van der Waals surface area contributed by atoms with Crippen molar-refractivity contribution < 1.29 is 8.42 Å². The van der Waals surface area contributed by atoms with Gasteiger partial charge in [-0.05, 0) is 50.2 Å². The second-order valence-electron chi connectivity index (χ2n) is 8.01. The van der Waals surface area contributed by atoms with Crippen molar-refractivity contribution in [3.05, 3.63) is 42.4 Å². The Morgan fingerprint density at radius 3 is 2.72 bits per heavy atom. The third-order valence-electron chi connectivity index (χ3n) is 5.12. The van der Waals surface area contributed by atoms with Crippen molar-refractivity contribution in [2.75, 3.05) is 30.1 Å². The highest BCUT2D eigenvalue weighted by Crippen LogP contribution is 2.30. The number of hydrogen-bond acceptors (Lipinski definition) is 7. The van der Waals surface area contributed by atoms with Crippen LogP contribution in [0.5, 0.6) is 0 Å². The van der Waals surface area contributed by atoms with Crippen LogP contribution in [0.4, 0.5) is 11.6 Å². The molecular weight excluding hydrogens is 390 g/mol. The second kappa shape index (κ2) is 7.27. The summed E-state index contributed by atoms with van der Waals surface area (Å²) in [6, 6.07) is 6.53. The van der Waals surface area contributed by atoms with E-state index in [4.69, 9.17) is 5.73 Å². The Hall–Kier alpha value is -2.72. The minimum atomic E-state index is -3.85. The van der Waals surface area contributed by atoms with E-state index < -0.39 is 15.4 Å². The molecular formula is C19H25N7O2S. The molecule has 3 aromatic heterocycles. The number of fused-ring (bicyclic) bond motifs is 1. The Morgan fingerprint density at radius 2 is 1.97 bits per heavy atom. The summed E-state index contributed by atoms with van der Waals surface area (Å²) in [6.07, 6.45) is 5.55. The van der Waals surface area contributed by atoms with Crippen LogP contribution in [0.25, 0.3) is 5.65 Å². The first-order chi connectivity index (χ1) is 13.7. The number of pyridine rings is 2. The third kappa shape index (κ3) is 4.03. The van der Waals surface area contributed by atoms with Crippen LogP contribution < -0.4 is 10.5 Å². The Bertz CT molecular complexity index is 1130. The van der Waals surface area contributed by atoms with Crippen molar-refractivity contribution in [3.63, 3.8) is 0 Å². The first kappa shape index (κ1) is 19.6. The van der Waals surface area contributed by atoms with Gasteiger partial charge in [0.15, 0.2) is 5.65 Å². The minimum absolute atomic E-state index is 0.128. The molecule has 0 aliphatic carbocycles. The van der Waals surface area contributed by atoms with Crippen molar-refractivity contribution in [1.29, 1.82) is 0 Å². The van der Waals surface area contributed by atoms with Gasteiger partial charge in [-0.1, -0.05) is 13.8 Å². The Balaban J connectivity index is 1.65. The highest BCUT2D eigenvalue weighted by atomic mass is 32.2. The lowest BCUT2D eigenvalue weighted by Crippen LogP contribution is -2.37. The topological polar surface area (TPSA) is 119 Å². The number of nitrogen functional groups attached to an aromatic ring is 1. The van der Waals surface area contributed by atoms with Crippen LogP contribution in [0.2, 0.25) is 0 Å². The molecule has 0 atom stereocenters. The highest BCUT2D eigenvalue weighted by Gasteiger charge is 2.33. The van der Waals surface area contributed by atoms with E-state index in [0.717, 1.165) is 19.6 Å². The molecule has 1 aliphatic heterocycles. The van der Waals surface area contributed by atoms with Crippen LogP contribution in [-0.2, 0) is 15.4 Å². The fourth-order valence-corrected chi connectivity index (χ4v) is 5.24. The fourth-order valence-electron chi connectivity index (χ4n) is 3.86. The first-order valence-corrected chi connectivity index (χ1v) is 11.1. The van der Waals surface area contributed by atoms with Crippen LogP contribution in [0.1, 0.15) is 32.4 Å². The number of aromatic nitrogens is 4. The summed E-state index contributed by atoms with van der Waals surface area (Å²) in [5.74, 6) is 0.128. The van der Waals surface area contributed by atoms with Crippen molar-refractivity contribution in [2.24, 2.45) is 0 Å². The average molecular weight is 416 g/mol. The van der Waals surface area contributed by atoms with Crippen molar-refractivity contribution in [3.8, 4) is 0 Å². The molecule has 0 unspecified atom stereocenters. The third-order valence-corrected chi connectivity index (χ3v) is 6.53. The van der Waals surface area contributed by atoms with Gasteiger partial charge in [-0.25, -0.2) is 12.9 Å². The molecule has 1 aliphatic rings. The molecule has 0 bridgehead atoms. The standard InChI is InChI=1S/C19H25N7O2S/c1-19(2,13-25-10-3-4-11-25)17-15(6-5-9-21-17)29(27,28)24-14-7-8-16-22-18(20)23-26(16)12-14/h5-9,12,24H,3-4,10-11,13H2,1-2H3,(H2,20,23). The number of likely N-dealkylation sites (tertiary alicyclic amines) is 1. The molecule has 4 heterocycles. The Labute approximate surface area is 170 Å². The van der Waals surface area contributed by atoms with Gasteiger partial charge in [-0.3, -0.25) is 9.71 Å². The monoisotopic (exact) mass is 415 g/mol. The predicted octanol–water partition coefficient (Wildman–Crippen LogP) is 1.88. The smallest absolute Gasteiger partial charge is 0.263 e. The second-order valence-corrected chi connectivity index (χ2v) is 9.66. The molecule has 0 radical (unpaired) electrons. The summed E-state index contributed by atoms with van der Waals surface area (Å²) in [7, 11) is -3.85. The summed E-state index contributed by atoms with van der Waals surface area (Å²) in [5, 5.41) is 4.02. The van der Waals surface area contributed by atoms with Gasteiger partial charge in [0.2, 0.25) is 5.95 Å². The maximum atomic E-state index is 13.2. The summed E-state index contributed by atoms with van der Waals surface area (Å²) < 4.78 is 30.5. The largest absolute Gasteiger partial charge is 0.366 e. The van der Waals surface area contributed by atoms with Crippen LogP contribution in [-0.4, -0.2) is 52.5 Å². The van der Waals surface area contributed by atoms with Crippen LogP contribution in [0.15, 0.2) is 41.6 Å². The molecule has 4 rings (SSSR count). The van der Waals surface area contributed by atoms with Crippen LogP contribution in [0, 0.1) is 0 Å². The number of anilines is 2. The molecule has 10 heteroatoms. The minimum Gasteiger partial charge on any atom is -0.366 e. The van der Waals surface area contributed by atoms with Crippen molar-refractivity contribution >= 4 is 27.3 Å². The van der Waals surface area contributed by atoms with Gasteiger partial charge in [-0.15, -0.1) is 5.10 Å². The molecule has 0 amide bonds. The molecule has 1 saturated heterocycles. The quantitative estimate of drug-likeness (QED) is 0.631. The molecule has 1 fully saturated rings. The van der Waals surface area contributed by atoms with E-state index in [1.165, 1.54) is 17.4 Å². The van der Waals surface area contributed by atoms with Crippen molar-refractivity contribution in [2.45, 2.75) is 37.0 Å². The number of nitrogens with zero attached hydrogens (tertiary/aromatic N) is 5. The molecule has 29 heavy (non-hydrogen) atoms. The number of hydrogen-bond donors (Lipinski definition) is 2. The number of rotatable bonds is 6. The lowest BCUT2D eigenvalue weighted by molar-refractivity contribution is 0.263. The zero-order valence-electron chi connectivity index (χ0n) is 16.5. The number of sulfonamides is 1. The zero-order chi connectivity index (χ0) is 20.6. The van der Waals surface area contributed by atoms with E-state index >= 15 is 0 Å². The molecule has 0 spiro atoms. The van der Waals surface area contributed by atoms with Crippen LogP contribution >= 0.6 is 0 Å². The molecule has 3 aromatic rings. The molecule has 3 N–H and O–H groups in total. The maximum absolute atomic E-state index is 13.2. The van der Waals surface area contributed by atoms with E-state index in [0.29, 0.717) is 17.0 Å². The summed E-state index contributed by atoms with van der Waals surface area (Å²) >= 11 is 0. The average Bonchev–Trinajstić information content (AvgIpc) is 3.29. The number of nitrogens with two attached hydrogens (primary N) is 1. The fraction of sp³-hybridized carbons (Fsp3) is 0.421. The van der Waals surface area contributed by atoms with Gasteiger partial charge in [0, 0.05) is 18.2 Å². The van der Waals surface area contributed by atoms with Crippen LogP contribution in [0.3, 0.4) is 0 Å². The maximum Gasteiger partial charge on any atom is 0.263 e. The van der Waals surface area contributed by atoms with E-state index in [1.807, 2.05) is 13.8 Å². The van der Waals surface area contributed by atoms with Gasteiger partial charge < -0.3 is 10.6 Å². The Kier molecular flexibility index (Phi) is 4.91. The highest BCUT2D eigenvalue weighted by molar-refractivity contribution is 7.92. The lowest BCUT2D eigenvalue weighted by atomic mass is 9.88. The zero-order valence-corrected chi connectivity index (χ0v) is 17.4. The van der Waals surface area contributed by atoms with Gasteiger partial charge in [0.05, 0.1) is 17.6 Å². The predicted molar refractivity (Wildman–Crippen MR) is 111 cm³/mol. The van der Waals surface area contributed by atoms with Crippen molar-refractivity contribution in [1.82, 2.24) is 24.5 Å². The SMILES string of the molecule is CC(C)(CN1CCCC1)c1ncccc1S(=O)(=O)Nc1ccc2nc(N)nn2c1.